The SMILES string of the molecule is CC.CCc1cncc(C)n1. The third-order valence-corrected chi connectivity index (χ3v) is 1.17. The summed E-state index contributed by atoms with van der Waals surface area (Å²) in [4.78, 5) is 8.22. The van der Waals surface area contributed by atoms with E-state index in [9.17, 15) is 0 Å². The molecule has 0 amide bonds. The average molecular weight is 152 g/mol. The standard InChI is InChI=1S/C7H10N2.C2H6/c1-3-7-5-8-4-6(2)9-7;1-2/h4-5H,3H2,1-2H3;1-2H3. The van der Waals surface area contributed by atoms with Crippen molar-refractivity contribution in [2.45, 2.75) is 34.1 Å². The molecule has 0 N–H and O–H groups in total. The Hall–Kier alpha value is -0.920. The van der Waals surface area contributed by atoms with E-state index in [2.05, 4.69) is 16.9 Å². The molecule has 1 heterocycles. The minimum Gasteiger partial charge on any atom is -0.261 e. The van der Waals surface area contributed by atoms with Gasteiger partial charge >= 0.3 is 0 Å². The Morgan fingerprint density at radius 2 is 1.91 bits per heavy atom. The molecular weight excluding hydrogens is 136 g/mol. The van der Waals surface area contributed by atoms with Gasteiger partial charge in [-0.05, 0) is 13.3 Å². The van der Waals surface area contributed by atoms with E-state index in [4.69, 9.17) is 0 Å². The first-order valence-electron chi connectivity index (χ1n) is 4.10. The summed E-state index contributed by atoms with van der Waals surface area (Å²) in [6.07, 6.45) is 4.53. The Balaban J connectivity index is 0.000000461. The van der Waals surface area contributed by atoms with Crippen molar-refractivity contribution in [2.75, 3.05) is 0 Å². The molecule has 0 spiro atoms. The molecule has 1 aromatic heterocycles. The van der Waals surface area contributed by atoms with Gasteiger partial charge in [0.15, 0.2) is 0 Å². The highest BCUT2D eigenvalue weighted by Gasteiger charge is 1.88. The van der Waals surface area contributed by atoms with E-state index < -0.39 is 0 Å². The smallest absolute Gasteiger partial charge is 0.0587 e. The zero-order valence-electron chi connectivity index (χ0n) is 7.76. The summed E-state index contributed by atoms with van der Waals surface area (Å²) in [7, 11) is 0. The van der Waals surface area contributed by atoms with Crippen molar-refractivity contribution in [3.8, 4) is 0 Å². The van der Waals surface area contributed by atoms with Gasteiger partial charge in [-0.25, -0.2) is 0 Å². The highest BCUT2D eigenvalue weighted by molar-refractivity contribution is 5.00. The molecule has 62 valence electrons. The van der Waals surface area contributed by atoms with Crippen molar-refractivity contribution in [2.24, 2.45) is 0 Å². The van der Waals surface area contributed by atoms with Gasteiger partial charge in [-0.3, -0.25) is 9.97 Å². The van der Waals surface area contributed by atoms with Crippen LogP contribution in [0.15, 0.2) is 12.4 Å². The maximum atomic E-state index is 4.23. The molecule has 0 unspecified atom stereocenters. The fourth-order valence-corrected chi connectivity index (χ4v) is 0.686. The molecule has 11 heavy (non-hydrogen) atoms. The van der Waals surface area contributed by atoms with Crippen molar-refractivity contribution in [1.29, 1.82) is 0 Å². The first kappa shape index (κ1) is 10.1. The van der Waals surface area contributed by atoms with E-state index in [-0.39, 0.29) is 0 Å². The van der Waals surface area contributed by atoms with E-state index >= 15 is 0 Å². The van der Waals surface area contributed by atoms with Gasteiger partial charge in [-0.1, -0.05) is 20.8 Å². The topological polar surface area (TPSA) is 25.8 Å². The number of aromatic nitrogens is 2. The average Bonchev–Trinajstić information content (AvgIpc) is 2.08. The molecule has 2 heteroatoms. The van der Waals surface area contributed by atoms with E-state index in [0.717, 1.165) is 17.8 Å². The molecule has 0 radical (unpaired) electrons. The monoisotopic (exact) mass is 152 g/mol. The highest BCUT2D eigenvalue weighted by atomic mass is 14.8. The Bertz CT molecular complexity index is 197. The lowest BCUT2D eigenvalue weighted by molar-refractivity contribution is 0.968. The van der Waals surface area contributed by atoms with Crippen LogP contribution < -0.4 is 0 Å². The van der Waals surface area contributed by atoms with Crippen LogP contribution >= 0.6 is 0 Å². The van der Waals surface area contributed by atoms with Crippen LogP contribution in [0.25, 0.3) is 0 Å². The molecule has 1 aromatic rings. The van der Waals surface area contributed by atoms with E-state index in [0.29, 0.717) is 0 Å². The van der Waals surface area contributed by atoms with Gasteiger partial charge in [0.1, 0.15) is 0 Å². The van der Waals surface area contributed by atoms with Gasteiger partial charge < -0.3 is 0 Å². The molecule has 0 aliphatic carbocycles. The second-order valence-corrected chi connectivity index (χ2v) is 2.01. The summed E-state index contributed by atoms with van der Waals surface area (Å²) in [5.74, 6) is 0. The summed E-state index contributed by atoms with van der Waals surface area (Å²) in [6.45, 7) is 8.02. The van der Waals surface area contributed by atoms with Crippen LogP contribution in [0.1, 0.15) is 32.2 Å². The molecule has 0 aromatic carbocycles. The van der Waals surface area contributed by atoms with Gasteiger partial charge in [-0.2, -0.15) is 0 Å². The number of hydrogen-bond donors (Lipinski definition) is 0. The van der Waals surface area contributed by atoms with Gasteiger partial charge in [-0.15, -0.1) is 0 Å². The Labute approximate surface area is 68.7 Å². The summed E-state index contributed by atoms with van der Waals surface area (Å²) in [5, 5.41) is 0. The van der Waals surface area contributed by atoms with Crippen LogP contribution in [0.2, 0.25) is 0 Å². The number of aryl methyl sites for hydroxylation is 2. The second-order valence-electron chi connectivity index (χ2n) is 2.01. The maximum absolute atomic E-state index is 4.23. The molecule has 0 saturated carbocycles. The fraction of sp³-hybridized carbons (Fsp3) is 0.556. The Morgan fingerprint density at radius 1 is 1.27 bits per heavy atom. The molecule has 0 aliphatic rings. The molecule has 0 bridgehead atoms. The van der Waals surface area contributed by atoms with Gasteiger partial charge in [0, 0.05) is 12.4 Å². The Morgan fingerprint density at radius 3 is 2.27 bits per heavy atom. The van der Waals surface area contributed by atoms with Crippen LogP contribution in [0.3, 0.4) is 0 Å². The Kier molecular flexibility index (Phi) is 5.35. The molecule has 0 aliphatic heterocycles. The summed E-state index contributed by atoms with van der Waals surface area (Å²) < 4.78 is 0. The number of rotatable bonds is 1. The van der Waals surface area contributed by atoms with Crippen LogP contribution in [0, 0.1) is 6.92 Å². The molecule has 0 atom stereocenters. The third kappa shape index (κ3) is 3.71. The normalized spacial score (nSPS) is 8.36. The summed E-state index contributed by atoms with van der Waals surface area (Å²) in [6, 6.07) is 0. The maximum Gasteiger partial charge on any atom is 0.0587 e. The first-order valence-corrected chi connectivity index (χ1v) is 4.10. The van der Waals surface area contributed by atoms with Crippen molar-refractivity contribution in [1.82, 2.24) is 9.97 Å². The van der Waals surface area contributed by atoms with Crippen LogP contribution in [0.5, 0.6) is 0 Å². The van der Waals surface area contributed by atoms with E-state index in [1.165, 1.54) is 0 Å². The predicted octanol–water partition coefficient (Wildman–Crippen LogP) is 2.37. The summed E-state index contributed by atoms with van der Waals surface area (Å²) >= 11 is 0. The molecular formula is C9H16N2. The van der Waals surface area contributed by atoms with Crippen LogP contribution in [-0.4, -0.2) is 9.97 Å². The zero-order chi connectivity index (χ0) is 8.69. The van der Waals surface area contributed by atoms with Crippen molar-refractivity contribution < 1.29 is 0 Å². The van der Waals surface area contributed by atoms with Crippen molar-refractivity contribution in [3.63, 3.8) is 0 Å². The number of nitrogens with zero attached hydrogens (tertiary/aromatic N) is 2. The minimum absolute atomic E-state index is 0.967. The van der Waals surface area contributed by atoms with Crippen LogP contribution in [-0.2, 0) is 6.42 Å². The lowest BCUT2D eigenvalue weighted by Gasteiger charge is -1.93. The van der Waals surface area contributed by atoms with Gasteiger partial charge in [0.2, 0.25) is 0 Å². The van der Waals surface area contributed by atoms with Gasteiger partial charge in [0.05, 0.1) is 11.4 Å². The second kappa shape index (κ2) is 5.83. The number of hydrogen-bond acceptors (Lipinski definition) is 2. The quantitative estimate of drug-likeness (QED) is 0.617. The minimum atomic E-state index is 0.967. The fourth-order valence-electron chi connectivity index (χ4n) is 0.686. The zero-order valence-corrected chi connectivity index (χ0v) is 7.76. The van der Waals surface area contributed by atoms with Crippen molar-refractivity contribution in [3.05, 3.63) is 23.8 Å². The largest absolute Gasteiger partial charge is 0.261 e. The molecule has 0 fully saturated rings. The third-order valence-electron chi connectivity index (χ3n) is 1.17. The summed E-state index contributed by atoms with van der Waals surface area (Å²) in [5.41, 5.74) is 2.06. The van der Waals surface area contributed by atoms with E-state index in [1.54, 1.807) is 12.4 Å². The van der Waals surface area contributed by atoms with E-state index in [1.807, 2.05) is 20.8 Å². The molecule has 0 saturated heterocycles. The van der Waals surface area contributed by atoms with Crippen LogP contribution in [0.4, 0.5) is 0 Å². The van der Waals surface area contributed by atoms with Gasteiger partial charge in [0.25, 0.3) is 0 Å². The lowest BCUT2D eigenvalue weighted by atomic mass is 10.3. The lowest BCUT2D eigenvalue weighted by Crippen LogP contribution is -1.90. The predicted molar refractivity (Wildman–Crippen MR) is 47.5 cm³/mol. The molecule has 1 rings (SSSR count). The molecule has 2 nitrogen and oxygen atoms in total. The highest BCUT2D eigenvalue weighted by Crippen LogP contribution is 1.93. The first-order chi connectivity index (χ1) is 5.33. The van der Waals surface area contributed by atoms with Crippen molar-refractivity contribution >= 4 is 0 Å².